The number of carbonyl (C=O) groups is 1. The highest BCUT2D eigenvalue weighted by atomic mass is 16.5. The van der Waals surface area contributed by atoms with Gasteiger partial charge in [-0.1, -0.05) is 89.1 Å². The number of hydrogen-bond acceptors (Lipinski definition) is 4. The smallest absolute Gasteiger partial charge is 0.246 e. The van der Waals surface area contributed by atoms with Crippen LogP contribution >= 0.6 is 0 Å². The van der Waals surface area contributed by atoms with Gasteiger partial charge in [0.05, 0.1) is 11.8 Å². The van der Waals surface area contributed by atoms with E-state index < -0.39 is 6.04 Å². The number of unbranched alkanes of at least 4 members (excludes halogenated alkanes) is 12. The van der Waals surface area contributed by atoms with E-state index in [0.29, 0.717) is 17.2 Å². The third-order valence-corrected chi connectivity index (χ3v) is 4.88. The van der Waals surface area contributed by atoms with Crippen LogP contribution in [0.5, 0.6) is 0 Å². The Bertz CT molecular complexity index is 359. The van der Waals surface area contributed by atoms with Crippen LogP contribution in [-0.4, -0.2) is 33.1 Å². The molecule has 0 saturated heterocycles. The second kappa shape index (κ2) is 16.4. The van der Waals surface area contributed by atoms with Gasteiger partial charge in [0.2, 0.25) is 5.91 Å². The number of oxime groups is 1. The van der Waals surface area contributed by atoms with Crippen LogP contribution in [0.3, 0.4) is 0 Å². The lowest BCUT2D eigenvalue weighted by atomic mass is 10.0. The zero-order valence-electron chi connectivity index (χ0n) is 16.7. The van der Waals surface area contributed by atoms with E-state index in [1.54, 1.807) is 13.8 Å². The first kappa shape index (κ1) is 23.9. The summed E-state index contributed by atoms with van der Waals surface area (Å²) in [5.74, 6) is -0.307. The van der Waals surface area contributed by atoms with Gasteiger partial charge >= 0.3 is 0 Å². The highest BCUT2D eigenvalue weighted by molar-refractivity contribution is 5.90. The third-order valence-electron chi connectivity index (χ3n) is 4.88. The lowest BCUT2D eigenvalue weighted by Gasteiger charge is -2.21. The summed E-state index contributed by atoms with van der Waals surface area (Å²) in [6.45, 7) is 5.46. The van der Waals surface area contributed by atoms with Crippen molar-refractivity contribution in [1.29, 1.82) is 0 Å². The van der Waals surface area contributed by atoms with Crippen LogP contribution < -0.4 is 0 Å². The van der Waals surface area contributed by atoms with Gasteiger partial charge in [-0.05, 0) is 20.3 Å². The lowest BCUT2D eigenvalue weighted by molar-refractivity contribution is -0.169. The fourth-order valence-electron chi connectivity index (χ4n) is 2.89. The highest BCUT2D eigenvalue weighted by Crippen LogP contribution is 2.13. The van der Waals surface area contributed by atoms with Crippen LogP contribution in [0, 0.1) is 0 Å². The maximum atomic E-state index is 11.8. The maximum Gasteiger partial charge on any atom is 0.246 e. The molecule has 0 bridgehead atoms. The van der Waals surface area contributed by atoms with Crippen molar-refractivity contribution < 1.29 is 15.2 Å². The number of hydroxylamine groups is 2. The molecule has 1 amide bonds. The summed E-state index contributed by atoms with van der Waals surface area (Å²) in [7, 11) is 0. The average Bonchev–Trinajstić information content (AvgIpc) is 2.63. The molecule has 5 nitrogen and oxygen atoms in total. The Morgan fingerprint density at radius 3 is 1.68 bits per heavy atom. The van der Waals surface area contributed by atoms with E-state index >= 15 is 0 Å². The van der Waals surface area contributed by atoms with Crippen molar-refractivity contribution in [3.8, 4) is 0 Å². The van der Waals surface area contributed by atoms with Crippen molar-refractivity contribution in [2.24, 2.45) is 5.16 Å². The van der Waals surface area contributed by atoms with E-state index in [-0.39, 0.29) is 5.91 Å². The van der Waals surface area contributed by atoms with Crippen molar-refractivity contribution in [2.75, 3.05) is 0 Å². The minimum atomic E-state index is -0.584. The quantitative estimate of drug-likeness (QED) is 0.118. The van der Waals surface area contributed by atoms with Crippen molar-refractivity contribution in [3.05, 3.63) is 0 Å². The third kappa shape index (κ3) is 12.9. The van der Waals surface area contributed by atoms with E-state index in [1.807, 2.05) is 0 Å². The van der Waals surface area contributed by atoms with Gasteiger partial charge in [0.25, 0.3) is 0 Å². The molecule has 0 heterocycles. The van der Waals surface area contributed by atoms with Crippen LogP contribution in [-0.2, 0) is 4.79 Å². The zero-order chi connectivity index (χ0) is 18.9. The summed E-state index contributed by atoms with van der Waals surface area (Å²) < 4.78 is 0. The molecule has 0 radical (unpaired) electrons. The first-order chi connectivity index (χ1) is 12.0. The zero-order valence-corrected chi connectivity index (χ0v) is 16.7. The Morgan fingerprint density at radius 2 is 1.28 bits per heavy atom. The molecule has 0 spiro atoms. The van der Waals surface area contributed by atoms with Crippen molar-refractivity contribution in [3.63, 3.8) is 0 Å². The van der Waals surface area contributed by atoms with Crippen LogP contribution in [0.4, 0.5) is 0 Å². The molecule has 0 aliphatic rings. The molecular weight excluding hydrogens is 316 g/mol. The highest BCUT2D eigenvalue weighted by Gasteiger charge is 2.20. The van der Waals surface area contributed by atoms with E-state index in [9.17, 15) is 10.0 Å². The number of nitrogens with zero attached hydrogens (tertiary/aromatic N) is 2. The van der Waals surface area contributed by atoms with E-state index in [0.717, 1.165) is 19.3 Å². The molecule has 0 aliphatic heterocycles. The Kier molecular flexibility index (Phi) is 15.7. The second-order valence-electron chi connectivity index (χ2n) is 7.15. The van der Waals surface area contributed by atoms with Crippen LogP contribution in [0.1, 0.15) is 111 Å². The first-order valence-electron chi connectivity index (χ1n) is 10.2. The Labute approximate surface area is 154 Å². The summed E-state index contributed by atoms with van der Waals surface area (Å²) in [5.41, 5.74) is 0.321. The molecule has 25 heavy (non-hydrogen) atoms. The van der Waals surface area contributed by atoms with Gasteiger partial charge in [0.15, 0.2) is 0 Å². The number of rotatable bonds is 16. The number of hydrogen-bond donors (Lipinski definition) is 2. The molecule has 148 valence electrons. The first-order valence-corrected chi connectivity index (χ1v) is 10.2. The van der Waals surface area contributed by atoms with Gasteiger partial charge in [-0.2, -0.15) is 0 Å². The van der Waals surface area contributed by atoms with Gasteiger partial charge < -0.3 is 5.21 Å². The van der Waals surface area contributed by atoms with E-state index in [2.05, 4.69) is 12.1 Å². The Hall–Kier alpha value is -1.10. The van der Waals surface area contributed by atoms with E-state index in [4.69, 9.17) is 5.21 Å². The number of amides is 1. The van der Waals surface area contributed by atoms with Crippen molar-refractivity contribution in [2.45, 2.75) is 117 Å². The second-order valence-corrected chi connectivity index (χ2v) is 7.15. The molecule has 0 rings (SSSR count). The predicted octanol–water partition coefficient (Wildman–Crippen LogP) is 5.92. The summed E-state index contributed by atoms with van der Waals surface area (Å²) in [4.78, 5) is 11.8. The maximum absolute atomic E-state index is 11.8. The standard InChI is InChI=1S/C20H40N2O3/c1-4-5-6-7-8-9-10-11-12-13-14-15-16-17-20(23)22(25)19(3)18(2)21-24/h19,24-25H,4-17H2,1-3H3/b21-18-/t19-/m0/s1. The van der Waals surface area contributed by atoms with Gasteiger partial charge in [-0.25, -0.2) is 5.06 Å². The molecule has 0 saturated carbocycles. The monoisotopic (exact) mass is 356 g/mol. The molecule has 0 aromatic heterocycles. The normalized spacial score (nSPS) is 13.0. The fraction of sp³-hybridized carbons (Fsp3) is 0.900. The predicted molar refractivity (Wildman–Crippen MR) is 103 cm³/mol. The van der Waals surface area contributed by atoms with Crippen molar-refractivity contribution >= 4 is 11.6 Å². The molecule has 0 aromatic carbocycles. The molecule has 2 N–H and O–H groups in total. The SMILES string of the molecule is CCCCCCCCCCCCCCCC(=O)N(O)[C@@H](C)/C(C)=N\O. The molecule has 0 fully saturated rings. The molecule has 0 aliphatic carbocycles. The van der Waals surface area contributed by atoms with Gasteiger partial charge in [0.1, 0.15) is 0 Å². The molecule has 0 unspecified atom stereocenters. The molecule has 5 heteroatoms. The fourth-order valence-corrected chi connectivity index (χ4v) is 2.89. The van der Waals surface area contributed by atoms with E-state index in [1.165, 1.54) is 64.2 Å². The van der Waals surface area contributed by atoms with Crippen LogP contribution in [0.15, 0.2) is 5.16 Å². The summed E-state index contributed by atoms with van der Waals surface area (Å²) in [6, 6.07) is -0.584. The summed E-state index contributed by atoms with van der Waals surface area (Å²) >= 11 is 0. The largest absolute Gasteiger partial charge is 0.411 e. The van der Waals surface area contributed by atoms with Gasteiger partial charge in [0, 0.05) is 6.42 Å². The Balaban J connectivity index is 3.45. The molecule has 0 aromatic rings. The topological polar surface area (TPSA) is 73.1 Å². The van der Waals surface area contributed by atoms with Crippen LogP contribution in [0.2, 0.25) is 0 Å². The lowest BCUT2D eigenvalue weighted by Crippen LogP contribution is -2.39. The summed E-state index contributed by atoms with van der Waals surface area (Å²) in [6.07, 6.45) is 16.8. The van der Waals surface area contributed by atoms with Crippen LogP contribution in [0.25, 0.3) is 0 Å². The number of carbonyl (C=O) groups excluding carboxylic acids is 1. The molecule has 1 atom stereocenters. The minimum absolute atomic E-state index is 0.307. The minimum Gasteiger partial charge on any atom is -0.411 e. The average molecular weight is 357 g/mol. The van der Waals surface area contributed by atoms with Crippen molar-refractivity contribution in [1.82, 2.24) is 5.06 Å². The van der Waals surface area contributed by atoms with Gasteiger partial charge in [-0.15, -0.1) is 0 Å². The Morgan fingerprint density at radius 1 is 0.880 bits per heavy atom. The summed E-state index contributed by atoms with van der Waals surface area (Å²) in [5, 5.41) is 22.1. The molecular formula is C20H40N2O3. The van der Waals surface area contributed by atoms with Gasteiger partial charge in [-0.3, -0.25) is 10.0 Å².